The van der Waals surface area contributed by atoms with E-state index >= 15 is 0 Å². The lowest BCUT2D eigenvalue weighted by Gasteiger charge is -2.28. The summed E-state index contributed by atoms with van der Waals surface area (Å²) in [7, 11) is 0. The fourth-order valence-electron chi connectivity index (χ4n) is 2.14. The Labute approximate surface area is 112 Å². The smallest absolute Gasteiger partial charge is 0.332 e. The van der Waals surface area contributed by atoms with E-state index < -0.39 is 5.54 Å². The van der Waals surface area contributed by atoms with Crippen molar-refractivity contribution < 1.29 is 9.53 Å². The summed E-state index contributed by atoms with van der Waals surface area (Å²) in [5.41, 5.74) is 1.63. The molecule has 1 aromatic rings. The van der Waals surface area contributed by atoms with Crippen LogP contribution in [0.15, 0.2) is 24.3 Å². The van der Waals surface area contributed by atoms with Gasteiger partial charge in [0.05, 0.1) is 6.61 Å². The SMILES string of the molecule is CCOC(=O)C1(Nc2cccc(C)c2)CCSC1. The van der Waals surface area contributed by atoms with Crippen LogP contribution in [0.2, 0.25) is 0 Å². The molecule has 0 radical (unpaired) electrons. The van der Waals surface area contributed by atoms with Gasteiger partial charge in [-0.2, -0.15) is 11.8 Å². The summed E-state index contributed by atoms with van der Waals surface area (Å²) >= 11 is 1.80. The Balaban J connectivity index is 2.18. The van der Waals surface area contributed by atoms with E-state index in [9.17, 15) is 4.79 Å². The average Bonchev–Trinajstić information content (AvgIpc) is 2.79. The fourth-order valence-corrected chi connectivity index (χ4v) is 3.46. The number of thioether (sulfide) groups is 1. The van der Waals surface area contributed by atoms with Gasteiger partial charge in [0.25, 0.3) is 0 Å². The standard InChI is InChI=1S/C14H19NO2S/c1-3-17-13(16)14(7-8-18-10-14)15-12-6-4-5-11(2)9-12/h4-6,9,15H,3,7-8,10H2,1-2H3. The van der Waals surface area contributed by atoms with Crippen LogP contribution in [-0.2, 0) is 9.53 Å². The van der Waals surface area contributed by atoms with Crippen LogP contribution in [0, 0.1) is 6.92 Å². The number of ether oxygens (including phenoxy) is 1. The number of hydrogen-bond donors (Lipinski definition) is 1. The van der Waals surface area contributed by atoms with Gasteiger partial charge in [-0.25, -0.2) is 4.79 Å². The second kappa shape index (κ2) is 5.65. The molecule has 1 atom stereocenters. The van der Waals surface area contributed by atoms with Crippen LogP contribution in [0.3, 0.4) is 0 Å². The van der Waals surface area contributed by atoms with Crippen molar-refractivity contribution in [3.05, 3.63) is 29.8 Å². The first-order chi connectivity index (χ1) is 8.66. The minimum absolute atomic E-state index is 0.128. The van der Waals surface area contributed by atoms with E-state index in [0.717, 1.165) is 23.6 Å². The number of benzene rings is 1. The van der Waals surface area contributed by atoms with Crippen LogP contribution in [0.1, 0.15) is 18.9 Å². The minimum Gasteiger partial charge on any atom is -0.464 e. The maximum Gasteiger partial charge on any atom is 0.332 e. The van der Waals surface area contributed by atoms with Crippen molar-refractivity contribution in [2.75, 3.05) is 23.4 Å². The number of aryl methyl sites for hydroxylation is 1. The van der Waals surface area contributed by atoms with E-state index in [0.29, 0.717) is 6.61 Å². The highest BCUT2D eigenvalue weighted by Crippen LogP contribution is 2.32. The molecule has 18 heavy (non-hydrogen) atoms. The zero-order valence-corrected chi connectivity index (χ0v) is 11.7. The second-order valence-corrected chi connectivity index (χ2v) is 5.70. The van der Waals surface area contributed by atoms with Crippen molar-refractivity contribution in [2.24, 2.45) is 0 Å². The summed E-state index contributed by atoms with van der Waals surface area (Å²) in [4.78, 5) is 12.2. The first-order valence-electron chi connectivity index (χ1n) is 6.26. The van der Waals surface area contributed by atoms with Gasteiger partial charge in [-0.15, -0.1) is 0 Å². The first-order valence-corrected chi connectivity index (χ1v) is 7.41. The maximum atomic E-state index is 12.2. The molecule has 1 heterocycles. The van der Waals surface area contributed by atoms with Gasteiger partial charge >= 0.3 is 5.97 Å². The number of carbonyl (C=O) groups excluding carboxylic acids is 1. The Kier molecular flexibility index (Phi) is 4.17. The Hall–Kier alpha value is -1.16. The van der Waals surface area contributed by atoms with Crippen LogP contribution in [0.4, 0.5) is 5.69 Å². The largest absolute Gasteiger partial charge is 0.464 e. The van der Waals surface area contributed by atoms with E-state index in [1.54, 1.807) is 11.8 Å². The topological polar surface area (TPSA) is 38.3 Å². The summed E-state index contributed by atoms with van der Waals surface area (Å²) < 4.78 is 5.22. The minimum atomic E-state index is -0.547. The van der Waals surface area contributed by atoms with Crippen LogP contribution < -0.4 is 5.32 Å². The normalized spacial score (nSPS) is 22.8. The molecule has 0 amide bonds. The Morgan fingerprint density at radius 2 is 2.39 bits per heavy atom. The van der Waals surface area contributed by atoms with Crippen molar-refractivity contribution in [3.8, 4) is 0 Å². The van der Waals surface area contributed by atoms with Crippen molar-refractivity contribution in [1.82, 2.24) is 0 Å². The summed E-state index contributed by atoms with van der Waals surface area (Å²) in [5.74, 6) is 1.65. The highest BCUT2D eigenvalue weighted by molar-refractivity contribution is 7.99. The second-order valence-electron chi connectivity index (χ2n) is 4.60. The number of rotatable bonds is 4. The van der Waals surface area contributed by atoms with Gasteiger partial charge in [0.1, 0.15) is 5.54 Å². The zero-order chi connectivity index (χ0) is 13.0. The molecule has 0 bridgehead atoms. The molecule has 1 saturated heterocycles. The lowest BCUT2D eigenvalue weighted by atomic mass is 9.98. The third-order valence-corrected chi connectivity index (χ3v) is 4.28. The highest BCUT2D eigenvalue weighted by atomic mass is 32.2. The number of hydrogen-bond acceptors (Lipinski definition) is 4. The summed E-state index contributed by atoms with van der Waals surface area (Å²) in [6.07, 6.45) is 0.824. The maximum absolute atomic E-state index is 12.2. The van der Waals surface area contributed by atoms with Gasteiger partial charge in [0.15, 0.2) is 0 Å². The van der Waals surface area contributed by atoms with E-state index in [1.165, 1.54) is 5.56 Å². The van der Waals surface area contributed by atoms with Gasteiger partial charge in [-0.3, -0.25) is 0 Å². The molecule has 1 fully saturated rings. The molecule has 98 valence electrons. The van der Waals surface area contributed by atoms with Crippen LogP contribution in [-0.4, -0.2) is 29.6 Å². The van der Waals surface area contributed by atoms with E-state index in [1.807, 2.05) is 32.0 Å². The molecule has 1 aliphatic heterocycles. The van der Waals surface area contributed by atoms with Crippen molar-refractivity contribution in [1.29, 1.82) is 0 Å². The van der Waals surface area contributed by atoms with E-state index in [2.05, 4.69) is 11.4 Å². The predicted octanol–water partition coefficient (Wildman–Crippen LogP) is 2.85. The monoisotopic (exact) mass is 265 g/mol. The van der Waals surface area contributed by atoms with Crippen LogP contribution >= 0.6 is 11.8 Å². The van der Waals surface area contributed by atoms with Gasteiger partial charge in [0, 0.05) is 11.4 Å². The molecule has 2 rings (SSSR count). The quantitative estimate of drug-likeness (QED) is 0.850. The summed E-state index contributed by atoms with van der Waals surface area (Å²) in [6.45, 7) is 4.33. The van der Waals surface area contributed by atoms with Gasteiger partial charge < -0.3 is 10.1 Å². The highest BCUT2D eigenvalue weighted by Gasteiger charge is 2.43. The number of carbonyl (C=O) groups is 1. The molecule has 1 aromatic carbocycles. The Morgan fingerprint density at radius 1 is 1.56 bits per heavy atom. The van der Waals surface area contributed by atoms with E-state index in [4.69, 9.17) is 4.74 Å². The summed E-state index contributed by atoms with van der Waals surface area (Å²) in [6, 6.07) is 8.10. The average molecular weight is 265 g/mol. The van der Waals surface area contributed by atoms with Crippen molar-refractivity contribution in [3.63, 3.8) is 0 Å². The van der Waals surface area contributed by atoms with E-state index in [-0.39, 0.29) is 5.97 Å². The van der Waals surface area contributed by atoms with Crippen LogP contribution in [0.25, 0.3) is 0 Å². The van der Waals surface area contributed by atoms with Gasteiger partial charge in [0.2, 0.25) is 0 Å². The Morgan fingerprint density at radius 3 is 3.00 bits per heavy atom. The number of anilines is 1. The Bertz CT molecular complexity index is 428. The lowest BCUT2D eigenvalue weighted by molar-refractivity contribution is -0.147. The molecule has 3 nitrogen and oxygen atoms in total. The summed E-state index contributed by atoms with van der Waals surface area (Å²) in [5, 5.41) is 3.38. The number of esters is 1. The molecule has 0 aromatic heterocycles. The molecule has 1 N–H and O–H groups in total. The molecule has 0 spiro atoms. The predicted molar refractivity (Wildman–Crippen MR) is 76.1 cm³/mol. The van der Waals surface area contributed by atoms with Crippen molar-refractivity contribution in [2.45, 2.75) is 25.8 Å². The molecular formula is C14H19NO2S. The first kappa shape index (κ1) is 13.3. The fraction of sp³-hybridized carbons (Fsp3) is 0.500. The molecule has 0 saturated carbocycles. The molecule has 1 unspecified atom stereocenters. The molecule has 0 aliphatic carbocycles. The lowest BCUT2D eigenvalue weighted by Crippen LogP contribution is -2.47. The third-order valence-electron chi connectivity index (χ3n) is 3.09. The van der Waals surface area contributed by atoms with Gasteiger partial charge in [-0.1, -0.05) is 12.1 Å². The van der Waals surface area contributed by atoms with Gasteiger partial charge in [-0.05, 0) is 43.7 Å². The number of nitrogens with one attached hydrogen (secondary N) is 1. The van der Waals surface area contributed by atoms with Crippen LogP contribution in [0.5, 0.6) is 0 Å². The molecular weight excluding hydrogens is 246 g/mol. The zero-order valence-electron chi connectivity index (χ0n) is 10.9. The third kappa shape index (κ3) is 2.80. The van der Waals surface area contributed by atoms with Crippen molar-refractivity contribution >= 4 is 23.4 Å². The molecule has 4 heteroatoms. The molecule has 1 aliphatic rings.